The van der Waals surface area contributed by atoms with Gasteiger partial charge in [-0.3, -0.25) is 9.59 Å². The van der Waals surface area contributed by atoms with E-state index in [4.69, 9.17) is 5.11 Å². The summed E-state index contributed by atoms with van der Waals surface area (Å²) in [5.41, 5.74) is 0. The molecule has 0 saturated heterocycles. The zero-order chi connectivity index (χ0) is 20.1. The van der Waals surface area contributed by atoms with Crippen molar-refractivity contribution in [2.45, 2.75) is 64.1 Å². The van der Waals surface area contributed by atoms with Crippen LogP contribution >= 0.6 is 0 Å². The van der Waals surface area contributed by atoms with Crippen molar-refractivity contribution in [3.8, 4) is 0 Å². The van der Waals surface area contributed by atoms with E-state index < -0.39 is 18.2 Å². The van der Waals surface area contributed by atoms with Gasteiger partial charge in [0, 0.05) is 24.7 Å². The van der Waals surface area contributed by atoms with Gasteiger partial charge in [-0.25, -0.2) is 0 Å². The second kappa shape index (κ2) is 13.2. The molecule has 1 rings (SSSR count). The largest absolute Gasteiger partial charge is 0.481 e. The van der Waals surface area contributed by atoms with Crippen LogP contribution in [-0.2, 0) is 9.59 Å². The van der Waals surface area contributed by atoms with E-state index >= 15 is 0 Å². The molecule has 27 heavy (non-hydrogen) atoms. The Morgan fingerprint density at radius 3 is 2.63 bits per heavy atom. The van der Waals surface area contributed by atoms with E-state index in [1.54, 1.807) is 24.3 Å². The van der Waals surface area contributed by atoms with Gasteiger partial charge in [0.15, 0.2) is 0 Å². The van der Waals surface area contributed by atoms with Crippen molar-refractivity contribution in [1.82, 2.24) is 0 Å². The highest BCUT2D eigenvalue weighted by molar-refractivity contribution is 5.84. The number of allylic oxidation sites excluding steroid dienone is 5. The van der Waals surface area contributed by atoms with E-state index in [-0.39, 0.29) is 30.5 Å². The average molecular weight is 376 g/mol. The Bertz CT molecular complexity index is 573. The van der Waals surface area contributed by atoms with Crippen molar-refractivity contribution in [3.63, 3.8) is 0 Å². The van der Waals surface area contributed by atoms with Gasteiger partial charge >= 0.3 is 5.97 Å². The normalized spacial score (nSPS) is 24.9. The Balaban J connectivity index is 2.50. The fourth-order valence-electron chi connectivity index (χ4n) is 3.10. The lowest BCUT2D eigenvalue weighted by Gasteiger charge is -2.16. The highest BCUT2D eigenvalue weighted by Crippen LogP contribution is 2.33. The third-order valence-electron chi connectivity index (χ3n) is 4.59. The van der Waals surface area contributed by atoms with Crippen LogP contribution in [0.25, 0.3) is 0 Å². The first kappa shape index (κ1) is 23.1. The lowest BCUT2D eigenvalue weighted by Crippen LogP contribution is -2.18. The molecule has 5 heteroatoms. The fourth-order valence-corrected chi connectivity index (χ4v) is 3.10. The minimum absolute atomic E-state index is 0.0638. The average Bonchev–Trinajstić information content (AvgIpc) is 2.88. The Hall–Kier alpha value is -1.98. The van der Waals surface area contributed by atoms with Gasteiger partial charge in [0.1, 0.15) is 5.78 Å². The molecule has 0 bridgehead atoms. The van der Waals surface area contributed by atoms with E-state index in [1.165, 1.54) is 0 Å². The molecule has 0 aromatic rings. The summed E-state index contributed by atoms with van der Waals surface area (Å²) >= 11 is 0. The van der Waals surface area contributed by atoms with Gasteiger partial charge in [-0.05, 0) is 32.1 Å². The molecule has 0 spiro atoms. The molecule has 5 nitrogen and oxygen atoms in total. The quantitative estimate of drug-likeness (QED) is 0.453. The number of rotatable bonds is 12. The molecule has 4 atom stereocenters. The van der Waals surface area contributed by atoms with Gasteiger partial charge in [-0.2, -0.15) is 0 Å². The SMILES string of the molecule is CC/C=C\C/C=C\C[C@H]1C(=O)C[C@H](O)[C@@H]1/C=C/[C@@H](O)C/C=C\CCC(=O)O. The maximum absolute atomic E-state index is 12.1. The Kier molecular flexibility index (Phi) is 11.3. The van der Waals surface area contributed by atoms with Gasteiger partial charge in [0.2, 0.25) is 0 Å². The number of carbonyl (C=O) groups is 2. The van der Waals surface area contributed by atoms with Gasteiger partial charge in [-0.1, -0.05) is 55.5 Å². The second-order valence-corrected chi connectivity index (χ2v) is 6.84. The third kappa shape index (κ3) is 9.50. The molecule has 0 aromatic heterocycles. The first-order valence-corrected chi connectivity index (χ1v) is 9.69. The maximum atomic E-state index is 12.1. The van der Waals surface area contributed by atoms with Gasteiger partial charge in [0.05, 0.1) is 12.2 Å². The van der Waals surface area contributed by atoms with Crippen LogP contribution in [0.5, 0.6) is 0 Å². The van der Waals surface area contributed by atoms with Crippen molar-refractivity contribution in [3.05, 3.63) is 48.6 Å². The molecule has 0 unspecified atom stereocenters. The van der Waals surface area contributed by atoms with Crippen LogP contribution in [0.2, 0.25) is 0 Å². The number of hydrogen-bond donors (Lipinski definition) is 3. The number of carboxylic acid groups (broad SMARTS) is 1. The van der Waals surface area contributed by atoms with E-state index in [0.29, 0.717) is 19.3 Å². The third-order valence-corrected chi connectivity index (χ3v) is 4.59. The number of carboxylic acids is 1. The molecule has 0 heterocycles. The number of aliphatic hydroxyl groups excluding tert-OH is 2. The second-order valence-electron chi connectivity index (χ2n) is 6.84. The number of aliphatic carboxylic acids is 1. The molecular weight excluding hydrogens is 344 g/mol. The van der Waals surface area contributed by atoms with Crippen LogP contribution in [-0.4, -0.2) is 39.3 Å². The molecule has 0 radical (unpaired) electrons. The van der Waals surface area contributed by atoms with Crippen LogP contribution < -0.4 is 0 Å². The van der Waals surface area contributed by atoms with E-state index in [0.717, 1.165) is 12.8 Å². The number of carbonyl (C=O) groups excluding carboxylic acids is 1. The Morgan fingerprint density at radius 2 is 1.93 bits per heavy atom. The maximum Gasteiger partial charge on any atom is 0.303 e. The summed E-state index contributed by atoms with van der Waals surface area (Å²) in [5.74, 6) is -1.31. The van der Waals surface area contributed by atoms with Gasteiger partial charge in [-0.15, -0.1) is 0 Å². The van der Waals surface area contributed by atoms with Gasteiger partial charge in [0.25, 0.3) is 0 Å². The zero-order valence-corrected chi connectivity index (χ0v) is 16.0. The van der Waals surface area contributed by atoms with Crippen LogP contribution in [0, 0.1) is 11.8 Å². The molecule has 0 aliphatic heterocycles. The lowest BCUT2D eigenvalue weighted by atomic mass is 9.90. The molecule has 0 aromatic carbocycles. The minimum Gasteiger partial charge on any atom is -0.481 e. The van der Waals surface area contributed by atoms with E-state index in [1.807, 2.05) is 12.2 Å². The Labute approximate surface area is 161 Å². The number of Topliss-reactive ketones (excluding diaryl/α,β-unsaturated/α-hetero) is 1. The predicted molar refractivity (Wildman–Crippen MR) is 106 cm³/mol. The highest BCUT2D eigenvalue weighted by Gasteiger charge is 2.39. The summed E-state index contributed by atoms with van der Waals surface area (Å²) in [5, 5.41) is 28.7. The van der Waals surface area contributed by atoms with Crippen LogP contribution in [0.3, 0.4) is 0 Å². The number of hydrogen-bond acceptors (Lipinski definition) is 4. The number of aliphatic hydroxyl groups is 2. The van der Waals surface area contributed by atoms with Crippen molar-refractivity contribution >= 4 is 11.8 Å². The van der Waals surface area contributed by atoms with Crippen LogP contribution in [0.4, 0.5) is 0 Å². The highest BCUT2D eigenvalue weighted by atomic mass is 16.4. The van der Waals surface area contributed by atoms with Crippen LogP contribution in [0.1, 0.15) is 51.9 Å². The lowest BCUT2D eigenvalue weighted by molar-refractivity contribution is -0.136. The summed E-state index contributed by atoms with van der Waals surface area (Å²) < 4.78 is 0. The standard InChI is InChI=1S/C22H32O5/c1-2-3-4-5-6-9-12-18-19(21(25)16-20(18)24)15-14-17(23)11-8-7-10-13-22(26)27/h3-4,6-9,14-15,17-19,21,23,25H,2,5,10-13,16H2,1H3,(H,26,27)/b4-3-,8-7-,9-6-,15-14+/t17-,18+,19+,21-/m0/s1. The summed E-state index contributed by atoms with van der Waals surface area (Å²) in [7, 11) is 0. The monoisotopic (exact) mass is 376 g/mol. The van der Waals surface area contributed by atoms with Crippen molar-refractivity contribution < 1.29 is 24.9 Å². The first-order chi connectivity index (χ1) is 13.0. The zero-order valence-electron chi connectivity index (χ0n) is 16.0. The van der Waals surface area contributed by atoms with Crippen molar-refractivity contribution in [1.29, 1.82) is 0 Å². The molecule has 1 saturated carbocycles. The summed E-state index contributed by atoms with van der Waals surface area (Å²) in [4.78, 5) is 22.6. The van der Waals surface area contributed by atoms with E-state index in [2.05, 4.69) is 19.1 Å². The molecule has 150 valence electrons. The molecule has 1 aliphatic carbocycles. The topological polar surface area (TPSA) is 94.8 Å². The van der Waals surface area contributed by atoms with Crippen molar-refractivity contribution in [2.75, 3.05) is 0 Å². The first-order valence-electron chi connectivity index (χ1n) is 9.69. The molecule has 1 fully saturated rings. The summed E-state index contributed by atoms with van der Waals surface area (Å²) in [6.07, 6.45) is 17.1. The van der Waals surface area contributed by atoms with Crippen LogP contribution in [0.15, 0.2) is 48.6 Å². The Morgan fingerprint density at radius 1 is 1.19 bits per heavy atom. The molecular formula is C22H32O5. The summed E-state index contributed by atoms with van der Waals surface area (Å²) in [6.45, 7) is 2.08. The fraction of sp³-hybridized carbons (Fsp3) is 0.545. The smallest absolute Gasteiger partial charge is 0.303 e. The molecule has 0 amide bonds. The molecule has 1 aliphatic rings. The summed E-state index contributed by atoms with van der Waals surface area (Å²) in [6, 6.07) is 0. The van der Waals surface area contributed by atoms with E-state index in [9.17, 15) is 19.8 Å². The minimum atomic E-state index is -0.846. The number of ketones is 1. The van der Waals surface area contributed by atoms with Gasteiger partial charge < -0.3 is 15.3 Å². The predicted octanol–water partition coefficient (Wildman–Crippen LogP) is 3.58. The van der Waals surface area contributed by atoms with Crippen molar-refractivity contribution in [2.24, 2.45) is 11.8 Å². The molecule has 3 N–H and O–H groups in total.